The normalized spacial score (nSPS) is 14.6. The van der Waals surface area contributed by atoms with Crippen LogP contribution in [0.15, 0.2) is 4.52 Å². The number of carbonyl (C=O) groups is 2. The van der Waals surface area contributed by atoms with Crippen LogP contribution in [0.1, 0.15) is 48.5 Å². The molecule has 1 aromatic heterocycles. The van der Waals surface area contributed by atoms with E-state index in [9.17, 15) is 9.59 Å². The number of hydrogen-bond donors (Lipinski definition) is 1. The van der Waals surface area contributed by atoms with Crippen molar-refractivity contribution in [1.29, 1.82) is 0 Å². The highest BCUT2D eigenvalue weighted by molar-refractivity contribution is 5.87. The van der Waals surface area contributed by atoms with Gasteiger partial charge in [-0.2, -0.15) is 0 Å². The zero-order chi connectivity index (χ0) is 14.0. The molecule has 6 heteroatoms. The minimum absolute atomic E-state index is 0.00897. The molecule has 1 N–H and O–H groups in total. The fourth-order valence-corrected chi connectivity index (χ4v) is 2.46. The lowest BCUT2D eigenvalue weighted by molar-refractivity contribution is -0.136. The Labute approximate surface area is 111 Å². The van der Waals surface area contributed by atoms with Gasteiger partial charge < -0.3 is 14.5 Å². The number of carbonyl (C=O) groups excluding carboxylic acids is 1. The molecule has 0 radical (unpaired) electrons. The van der Waals surface area contributed by atoms with E-state index in [4.69, 9.17) is 9.63 Å². The summed E-state index contributed by atoms with van der Waals surface area (Å²) < 4.78 is 4.83. The van der Waals surface area contributed by atoms with Gasteiger partial charge >= 0.3 is 5.97 Å². The Kier molecular flexibility index (Phi) is 3.87. The minimum atomic E-state index is -1.13. The maximum Gasteiger partial charge on any atom is 0.375 e. The molecule has 0 fully saturated rings. The van der Waals surface area contributed by atoms with Crippen molar-refractivity contribution in [2.45, 2.75) is 39.7 Å². The molecular weight excluding hydrogens is 248 g/mol. The number of fused-ring (bicyclic) bond motifs is 1. The molecule has 0 aliphatic carbocycles. The van der Waals surface area contributed by atoms with Gasteiger partial charge in [0.1, 0.15) is 0 Å². The van der Waals surface area contributed by atoms with Gasteiger partial charge in [-0.1, -0.05) is 19.0 Å². The fourth-order valence-electron chi connectivity index (χ4n) is 2.46. The van der Waals surface area contributed by atoms with Crippen LogP contribution in [0.25, 0.3) is 0 Å². The van der Waals surface area contributed by atoms with Crippen LogP contribution in [-0.2, 0) is 17.8 Å². The molecule has 6 nitrogen and oxygen atoms in total. The van der Waals surface area contributed by atoms with Crippen molar-refractivity contribution in [3.63, 3.8) is 0 Å². The molecule has 0 atom stereocenters. The van der Waals surface area contributed by atoms with Gasteiger partial charge in [-0.05, 0) is 12.8 Å². The number of amides is 1. The van der Waals surface area contributed by atoms with Crippen LogP contribution in [0.3, 0.4) is 0 Å². The highest BCUT2D eigenvalue weighted by atomic mass is 16.5. The molecule has 0 saturated carbocycles. The number of hydrogen-bond acceptors (Lipinski definition) is 4. The first-order chi connectivity index (χ1) is 9.08. The van der Waals surface area contributed by atoms with Crippen molar-refractivity contribution in [2.24, 2.45) is 5.92 Å². The van der Waals surface area contributed by atoms with Crippen LogP contribution < -0.4 is 0 Å². The van der Waals surface area contributed by atoms with E-state index >= 15 is 0 Å². The maximum atomic E-state index is 12.3. The van der Waals surface area contributed by atoms with E-state index in [1.807, 2.05) is 13.8 Å². The van der Waals surface area contributed by atoms with E-state index < -0.39 is 5.97 Å². The van der Waals surface area contributed by atoms with Crippen molar-refractivity contribution >= 4 is 11.9 Å². The van der Waals surface area contributed by atoms with Gasteiger partial charge in [0.15, 0.2) is 0 Å². The summed E-state index contributed by atoms with van der Waals surface area (Å²) in [6.07, 6.45) is 2.15. The summed E-state index contributed by atoms with van der Waals surface area (Å²) in [5.41, 5.74) is 1.20. The predicted molar refractivity (Wildman–Crippen MR) is 66.7 cm³/mol. The van der Waals surface area contributed by atoms with Gasteiger partial charge in [0.2, 0.25) is 11.7 Å². The molecule has 1 aliphatic rings. The Morgan fingerprint density at radius 2 is 2.11 bits per heavy atom. The molecular formula is C13H18N2O4. The number of nitrogens with zero attached hydrogens (tertiary/aromatic N) is 2. The monoisotopic (exact) mass is 266 g/mol. The standard InChI is InChI=1S/C13H18N2O4/c1-3-8(4-2)12(16)15-6-5-10-9(7-15)11(13(17)18)19-14-10/h8H,3-7H2,1-2H3,(H,17,18). The summed E-state index contributed by atoms with van der Waals surface area (Å²) in [4.78, 5) is 25.0. The van der Waals surface area contributed by atoms with E-state index in [0.717, 1.165) is 12.8 Å². The van der Waals surface area contributed by atoms with Gasteiger partial charge in [0.25, 0.3) is 0 Å². The topological polar surface area (TPSA) is 83.6 Å². The molecule has 1 aliphatic heterocycles. The average molecular weight is 266 g/mol. The summed E-state index contributed by atoms with van der Waals surface area (Å²) in [6, 6.07) is 0. The number of rotatable bonds is 4. The van der Waals surface area contributed by atoms with Gasteiger partial charge in [-0.15, -0.1) is 0 Å². The van der Waals surface area contributed by atoms with Crippen molar-refractivity contribution in [2.75, 3.05) is 6.54 Å². The quantitative estimate of drug-likeness (QED) is 0.896. The summed E-state index contributed by atoms with van der Waals surface area (Å²) in [7, 11) is 0. The smallest absolute Gasteiger partial charge is 0.375 e. The zero-order valence-electron chi connectivity index (χ0n) is 11.2. The molecule has 0 spiro atoms. The molecule has 1 amide bonds. The summed E-state index contributed by atoms with van der Waals surface area (Å²) >= 11 is 0. The molecule has 0 bridgehead atoms. The fraction of sp³-hybridized carbons (Fsp3) is 0.615. The minimum Gasteiger partial charge on any atom is -0.475 e. The third-order valence-electron chi connectivity index (χ3n) is 3.68. The molecule has 104 valence electrons. The van der Waals surface area contributed by atoms with Crippen molar-refractivity contribution in [1.82, 2.24) is 10.1 Å². The van der Waals surface area contributed by atoms with Crippen molar-refractivity contribution < 1.29 is 19.2 Å². The molecule has 2 rings (SSSR count). The third-order valence-corrected chi connectivity index (χ3v) is 3.68. The molecule has 19 heavy (non-hydrogen) atoms. The lowest BCUT2D eigenvalue weighted by Crippen LogP contribution is -2.39. The SMILES string of the molecule is CCC(CC)C(=O)N1CCc2noc(C(=O)O)c2C1. The van der Waals surface area contributed by atoms with Crippen LogP contribution in [0.4, 0.5) is 0 Å². The molecule has 2 heterocycles. The number of aromatic carboxylic acids is 1. The van der Waals surface area contributed by atoms with Crippen molar-refractivity contribution in [3.8, 4) is 0 Å². The molecule has 0 unspecified atom stereocenters. The second kappa shape index (κ2) is 5.42. The van der Waals surface area contributed by atoms with E-state index in [2.05, 4.69) is 5.16 Å². The molecule has 1 aromatic rings. The lowest BCUT2D eigenvalue weighted by atomic mass is 9.99. The average Bonchev–Trinajstić information content (AvgIpc) is 2.82. The van der Waals surface area contributed by atoms with E-state index in [-0.39, 0.29) is 24.1 Å². The van der Waals surface area contributed by atoms with Gasteiger partial charge in [-0.3, -0.25) is 4.79 Å². The second-order valence-corrected chi connectivity index (χ2v) is 4.77. The van der Waals surface area contributed by atoms with Crippen LogP contribution in [0, 0.1) is 5.92 Å². The van der Waals surface area contributed by atoms with Gasteiger partial charge in [0.05, 0.1) is 12.2 Å². The third kappa shape index (κ3) is 2.47. The number of aromatic nitrogens is 1. The Bertz CT molecular complexity index is 491. The van der Waals surface area contributed by atoms with Crippen LogP contribution in [0.2, 0.25) is 0 Å². The predicted octanol–water partition coefficient (Wildman–Crippen LogP) is 1.69. The number of carboxylic acid groups (broad SMARTS) is 1. The van der Waals surface area contributed by atoms with E-state index in [0.29, 0.717) is 24.2 Å². The highest BCUT2D eigenvalue weighted by Gasteiger charge is 2.31. The summed E-state index contributed by atoms with van der Waals surface area (Å²) in [5, 5.41) is 12.8. The Hall–Kier alpha value is -1.85. The highest BCUT2D eigenvalue weighted by Crippen LogP contribution is 2.24. The Balaban J connectivity index is 2.19. The molecule has 0 aromatic carbocycles. The summed E-state index contributed by atoms with van der Waals surface area (Å²) in [5.74, 6) is -1.18. The second-order valence-electron chi connectivity index (χ2n) is 4.77. The van der Waals surface area contributed by atoms with Crippen LogP contribution in [0.5, 0.6) is 0 Å². The lowest BCUT2D eigenvalue weighted by Gasteiger charge is -2.29. The Morgan fingerprint density at radius 3 is 2.68 bits per heavy atom. The van der Waals surface area contributed by atoms with Crippen LogP contribution in [-0.4, -0.2) is 33.6 Å². The van der Waals surface area contributed by atoms with Gasteiger partial charge in [-0.25, -0.2) is 4.79 Å². The Morgan fingerprint density at radius 1 is 1.42 bits per heavy atom. The summed E-state index contributed by atoms with van der Waals surface area (Å²) in [6.45, 7) is 4.84. The number of carboxylic acids is 1. The molecule has 0 saturated heterocycles. The first kappa shape index (κ1) is 13.6. The zero-order valence-corrected chi connectivity index (χ0v) is 11.2. The van der Waals surface area contributed by atoms with Crippen LogP contribution >= 0.6 is 0 Å². The maximum absolute atomic E-state index is 12.3. The van der Waals surface area contributed by atoms with E-state index in [1.54, 1.807) is 4.90 Å². The first-order valence-electron chi connectivity index (χ1n) is 6.57. The van der Waals surface area contributed by atoms with E-state index in [1.165, 1.54) is 0 Å². The first-order valence-corrected chi connectivity index (χ1v) is 6.57. The van der Waals surface area contributed by atoms with Crippen molar-refractivity contribution in [3.05, 3.63) is 17.0 Å². The largest absolute Gasteiger partial charge is 0.475 e. The van der Waals surface area contributed by atoms with Gasteiger partial charge in [0, 0.05) is 24.4 Å².